The molecule has 0 bridgehead atoms. The van der Waals surface area contributed by atoms with Crippen molar-refractivity contribution < 1.29 is 28.1 Å². The maximum Gasteiger partial charge on any atom is 0.252 e. The van der Waals surface area contributed by atoms with Crippen molar-refractivity contribution in [3.8, 4) is 6.07 Å². The summed E-state index contributed by atoms with van der Waals surface area (Å²) in [4.78, 5) is 13.7. The molecule has 4 rings (SSSR count). The van der Waals surface area contributed by atoms with Crippen molar-refractivity contribution in [1.82, 2.24) is 5.32 Å². The number of halogens is 1. The van der Waals surface area contributed by atoms with Crippen molar-refractivity contribution in [3.05, 3.63) is 71.0 Å². The van der Waals surface area contributed by atoms with Crippen LogP contribution in [0.2, 0.25) is 0 Å². The summed E-state index contributed by atoms with van der Waals surface area (Å²) in [6.07, 6.45) is -0.864. The number of carbonyl (C=O) groups excluding carboxylic acids is 1. The zero-order chi connectivity index (χ0) is 26.6. The lowest BCUT2D eigenvalue weighted by Crippen LogP contribution is -2.60. The second-order valence-electron chi connectivity index (χ2n) is 10.7. The van der Waals surface area contributed by atoms with Crippen molar-refractivity contribution in [2.75, 3.05) is 6.54 Å². The number of benzene rings is 2. The van der Waals surface area contributed by atoms with Gasteiger partial charge in [0.15, 0.2) is 11.4 Å². The standard InChI is InChI=1S/C29H35FN2O5/c1-19(2)16-32-27(33)29(35-18-22-7-5-6-8-23(22)30)13-24(26-25(14-29)36-28(3,4)37-26)34-17-21-11-9-20(15-31)10-12-21/h5-12,19,24-26H,13-14,16-18H2,1-4H3,(H,32,33)/t24-,25+,26-,29+/m0/s1. The first-order valence-electron chi connectivity index (χ1n) is 12.7. The average molecular weight is 511 g/mol. The molecule has 1 saturated carbocycles. The number of carbonyl (C=O) groups is 1. The van der Waals surface area contributed by atoms with E-state index in [1.54, 1.807) is 30.3 Å². The summed E-state index contributed by atoms with van der Waals surface area (Å²) < 4.78 is 39.5. The van der Waals surface area contributed by atoms with Gasteiger partial charge in [-0.3, -0.25) is 4.79 Å². The highest BCUT2D eigenvalue weighted by atomic mass is 19.1. The highest BCUT2D eigenvalue weighted by molar-refractivity contribution is 5.85. The average Bonchev–Trinajstić information content (AvgIpc) is 3.19. The zero-order valence-electron chi connectivity index (χ0n) is 21.8. The third-order valence-corrected chi connectivity index (χ3v) is 6.74. The van der Waals surface area contributed by atoms with Crippen LogP contribution in [0.5, 0.6) is 0 Å². The van der Waals surface area contributed by atoms with Gasteiger partial charge in [-0.2, -0.15) is 5.26 Å². The molecule has 8 heteroatoms. The van der Waals surface area contributed by atoms with Gasteiger partial charge in [-0.1, -0.05) is 44.2 Å². The van der Waals surface area contributed by atoms with Crippen LogP contribution in [0.4, 0.5) is 4.39 Å². The molecule has 0 radical (unpaired) electrons. The van der Waals surface area contributed by atoms with E-state index in [4.69, 9.17) is 24.2 Å². The Balaban J connectivity index is 1.60. The number of hydrogen-bond acceptors (Lipinski definition) is 6. The number of nitrogens with zero attached hydrogens (tertiary/aromatic N) is 1. The Hall–Kier alpha value is -2.83. The molecule has 198 valence electrons. The van der Waals surface area contributed by atoms with Crippen LogP contribution in [0.25, 0.3) is 0 Å². The van der Waals surface area contributed by atoms with Gasteiger partial charge in [0.1, 0.15) is 11.9 Å². The molecule has 1 saturated heterocycles. The van der Waals surface area contributed by atoms with Crippen molar-refractivity contribution in [2.24, 2.45) is 5.92 Å². The molecular formula is C29H35FN2O5. The highest BCUT2D eigenvalue weighted by Gasteiger charge is 2.58. The summed E-state index contributed by atoms with van der Waals surface area (Å²) in [5.41, 5.74) is 0.538. The zero-order valence-corrected chi connectivity index (χ0v) is 21.8. The van der Waals surface area contributed by atoms with E-state index < -0.39 is 29.7 Å². The van der Waals surface area contributed by atoms with Gasteiger partial charge in [-0.05, 0) is 43.5 Å². The molecule has 1 heterocycles. The Morgan fingerprint density at radius 1 is 1.14 bits per heavy atom. The normalized spacial score (nSPS) is 26.5. The number of rotatable bonds is 9. The third-order valence-electron chi connectivity index (χ3n) is 6.74. The molecule has 2 fully saturated rings. The third kappa shape index (κ3) is 6.55. The molecule has 1 aliphatic heterocycles. The smallest absolute Gasteiger partial charge is 0.252 e. The molecule has 37 heavy (non-hydrogen) atoms. The second kappa shape index (κ2) is 11.3. The van der Waals surface area contributed by atoms with E-state index in [2.05, 4.69) is 11.4 Å². The minimum atomic E-state index is -1.29. The summed E-state index contributed by atoms with van der Waals surface area (Å²) >= 11 is 0. The predicted octanol–water partition coefficient (Wildman–Crippen LogP) is 4.62. The monoisotopic (exact) mass is 510 g/mol. The summed E-state index contributed by atoms with van der Waals surface area (Å²) in [6, 6.07) is 15.6. The SMILES string of the molecule is CC(C)CNC(=O)[C@@]1(OCc2ccccc2F)C[C@H](OCc2ccc(C#N)cc2)[C@@H]2OC(C)(C)O[C@@H]2C1. The fourth-order valence-corrected chi connectivity index (χ4v) is 4.88. The van der Waals surface area contributed by atoms with Gasteiger partial charge >= 0.3 is 0 Å². The highest BCUT2D eigenvalue weighted by Crippen LogP contribution is 2.44. The van der Waals surface area contributed by atoms with Gasteiger partial charge in [0.2, 0.25) is 0 Å². The molecule has 1 aliphatic carbocycles. The van der Waals surface area contributed by atoms with Crippen LogP contribution in [0.3, 0.4) is 0 Å². The van der Waals surface area contributed by atoms with Gasteiger partial charge < -0.3 is 24.3 Å². The summed E-state index contributed by atoms with van der Waals surface area (Å²) in [7, 11) is 0. The predicted molar refractivity (Wildman–Crippen MR) is 135 cm³/mol. The maximum absolute atomic E-state index is 14.4. The van der Waals surface area contributed by atoms with Crippen molar-refractivity contribution in [1.29, 1.82) is 5.26 Å². The van der Waals surface area contributed by atoms with Gasteiger partial charge in [0, 0.05) is 24.9 Å². The van der Waals surface area contributed by atoms with E-state index in [9.17, 15) is 9.18 Å². The van der Waals surface area contributed by atoms with Crippen LogP contribution < -0.4 is 5.32 Å². The first-order chi connectivity index (χ1) is 17.6. The molecule has 7 nitrogen and oxygen atoms in total. The van der Waals surface area contributed by atoms with Crippen LogP contribution in [-0.4, -0.2) is 42.2 Å². The molecule has 0 spiro atoms. The lowest BCUT2D eigenvalue weighted by atomic mass is 9.78. The number of ether oxygens (including phenoxy) is 4. The number of amides is 1. The van der Waals surface area contributed by atoms with Crippen LogP contribution >= 0.6 is 0 Å². The number of fused-ring (bicyclic) bond motifs is 1. The summed E-state index contributed by atoms with van der Waals surface area (Å²) in [5, 5.41) is 12.1. The van der Waals surface area contributed by atoms with Crippen LogP contribution in [0, 0.1) is 23.1 Å². The molecule has 1 amide bonds. The van der Waals surface area contributed by atoms with Gasteiger partial charge in [0.25, 0.3) is 5.91 Å². The van der Waals surface area contributed by atoms with Gasteiger partial charge in [-0.15, -0.1) is 0 Å². The molecule has 0 unspecified atom stereocenters. The fraction of sp³-hybridized carbons (Fsp3) is 0.517. The van der Waals surface area contributed by atoms with Gasteiger partial charge in [-0.25, -0.2) is 4.39 Å². The Morgan fingerprint density at radius 3 is 2.54 bits per heavy atom. The van der Waals surface area contributed by atoms with Crippen LogP contribution in [-0.2, 0) is 37.0 Å². The Labute approximate surface area is 217 Å². The van der Waals surface area contributed by atoms with Gasteiger partial charge in [0.05, 0.1) is 37.1 Å². The minimum absolute atomic E-state index is 0.0637. The Bertz CT molecular complexity index is 1130. The largest absolute Gasteiger partial charge is 0.371 e. The second-order valence-corrected chi connectivity index (χ2v) is 10.7. The van der Waals surface area contributed by atoms with Crippen molar-refractivity contribution in [3.63, 3.8) is 0 Å². The van der Waals surface area contributed by atoms with Crippen LogP contribution in [0.1, 0.15) is 57.2 Å². The first kappa shape index (κ1) is 27.2. The Morgan fingerprint density at radius 2 is 1.86 bits per heavy atom. The Kier molecular flexibility index (Phi) is 8.29. The van der Waals surface area contributed by atoms with E-state index >= 15 is 0 Å². The van der Waals surface area contributed by atoms with E-state index in [-0.39, 0.29) is 43.7 Å². The number of nitrogens with one attached hydrogen (secondary N) is 1. The first-order valence-corrected chi connectivity index (χ1v) is 12.7. The molecular weight excluding hydrogens is 475 g/mol. The van der Waals surface area contributed by atoms with Crippen LogP contribution in [0.15, 0.2) is 48.5 Å². The fourth-order valence-electron chi connectivity index (χ4n) is 4.88. The minimum Gasteiger partial charge on any atom is -0.371 e. The van der Waals surface area contributed by atoms with E-state index in [0.29, 0.717) is 17.7 Å². The topological polar surface area (TPSA) is 89.8 Å². The van der Waals surface area contributed by atoms with Crippen molar-refractivity contribution >= 4 is 5.91 Å². The summed E-state index contributed by atoms with van der Waals surface area (Å²) in [5.74, 6) is -1.25. The summed E-state index contributed by atoms with van der Waals surface area (Å²) in [6.45, 7) is 8.39. The molecule has 2 aromatic rings. The quantitative estimate of drug-likeness (QED) is 0.529. The van der Waals surface area contributed by atoms with E-state index in [1.165, 1.54) is 6.07 Å². The molecule has 1 N–H and O–H groups in total. The number of nitriles is 1. The lowest BCUT2D eigenvalue weighted by molar-refractivity contribution is -0.183. The number of hydrogen-bond donors (Lipinski definition) is 1. The molecule has 2 aromatic carbocycles. The van der Waals surface area contributed by atoms with Crippen molar-refractivity contribution in [2.45, 2.75) is 83.5 Å². The molecule has 4 atom stereocenters. The molecule has 0 aromatic heterocycles. The maximum atomic E-state index is 14.4. The van der Waals surface area contributed by atoms with E-state index in [1.807, 2.05) is 39.8 Å². The lowest BCUT2D eigenvalue weighted by Gasteiger charge is -2.43. The van der Waals surface area contributed by atoms with E-state index in [0.717, 1.165) is 5.56 Å². The molecule has 2 aliphatic rings.